The van der Waals surface area contributed by atoms with Crippen LogP contribution >= 0.6 is 15.9 Å². The topological polar surface area (TPSA) is 27.1 Å². The molecule has 0 aliphatic heterocycles. The molecule has 0 N–H and O–H groups in total. The van der Waals surface area contributed by atoms with Gasteiger partial charge in [-0.15, -0.1) is 0 Å². The number of ether oxygens (including phenoxy) is 1. The van der Waals surface area contributed by atoms with E-state index in [1.165, 1.54) is 0 Å². The second-order valence-electron chi connectivity index (χ2n) is 4.78. The van der Waals surface area contributed by atoms with E-state index in [0.717, 1.165) is 40.0 Å². The van der Waals surface area contributed by atoms with Gasteiger partial charge in [-0.1, -0.05) is 40.2 Å². The first-order chi connectivity index (χ1) is 10.3. The quantitative estimate of drug-likeness (QED) is 0.637. The lowest BCUT2D eigenvalue weighted by Crippen LogP contribution is -2.07. The monoisotopic (exact) mass is 344 g/mol. The third-order valence-corrected chi connectivity index (χ3v) is 3.89. The highest BCUT2D eigenvalue weighted by atomic mass is 79.9. The summed E-state index contributed by atoms with van der Waals surface area (Å²) in [6, 6.07) is 16.5. The molecule has 1 aromatic heterocycles. The fourth-order valence-corrected chi connectivity index (χ4v) is 2.85. The Hall–Kier alpha value is -1.65. The number of hydrogen-bond donors (Lipinski definition) is 0. The third kappa shape index (κ3) is 3.01. The van der Waals surface area contributed by atoms with E-state index >= 15 is 0 Å². The Balaban J connectivity index is 2.09. The Morgan fingerprint density at radius 3 is 2.81 bits per heavy atom. The number of halogens is 1. The number of benzene rings is 2. The van der Waals surface area contributed by atoms with Gasteiger partial charge in [-0.3, -0.25) is 0 Å². The maximum Gasteiger partial charge on any atom is 0.141 e. The minimum absolute atomic E-state index is 0.692. The van der Waals surface area contributed by atoms with Gasteiger partial charge in [-0.05, 0) is 31.2 Å². The molecular formula is C17H17BrN2O. The molecule has 0 spiro atoms. The van der Waals surface area contributed by atoms with Gasteiger partial charge in [0.25, 0.3) is 0 Å². The van der Waals surface area contributed by atoms with Gasteiger partial charge in [0, 0.05) is 23.2 Å². The summed E-state index contributed by atoms with van der Waals surface area (Å²) in [7, 11) is 0. The van der Waals surface area contributed by atoms with Crippen LogP contribution < -0.4 is 0 Å². The van der Waals surface area contributed by atoms with E-state index in [-0.39, 0.29) is 0 Å². The van der Waals surface area contributed by atoms with E-state index in [0.29, 0.717) is 6.61 Å². The standard InChI is InChI=1S/C17H17BrN2O/c1-2-21-11-10-20-16-9-4-3-8-15(16)19-17(20)13-6-5-7-14(18)12-13/h3-9,12H,2,10-11H2,1H3. The Kier molecular flexibility index (Phi) is 4.36. The SMILES string of the molecule is CCOCCn1c(-c2cccc(Br)c2)nc2ccccc21. The van der Waals surface area contributed by atoms with E-state index in [9.17, 15) is 0 Å². The molecule has 0 amide bonds. The first-order valence-electron chi connectivity index (χ1n) is 7.08. The molecule has 0 saturated heterocycles. The highest BCUT2D eigenvalue weighted by molar-refractivity contribution is 9.10. The molecule has 4 heteroatoms. The summed E-state index contributed by atoms with van der Waals surface area (Å²) in [4.78, 5) is 4.79. The van der Waals surface area contributed by atoms with Crippen molar-refractivity contribution in [2.75, 3.05) is 13.2 Å². The third-order valence-electron chi connectivity index (χ3n) is 3.40. The van der Waals surface area contributed by atoms with Crippen LogP contribution in [0.5, 0.6) is 0 Å². The molecular weight excluding hydrogens is 328 g/mol. The first-order valence-corrected chi connectivity index (χ1v) is 7.88. The summed E-state index contributed by atoms with van der Waals surface area (Å²) in [6.07, 6.45) is 0. The minimum atomic E-state index is 0.692. The number of para-hydroxylation sites is 2. The van der Waals surface area contributed by atoms with Crippen LogP contribution in [0.3, 0.4) is 0 Å². The van der Waals surface area contributed by atoms with Crippen LogP contribution in [0.1, 0.15) is 6.92 Å². The summed E-state index contributed by atoms with van der Waals surface area (Å²) in [5.74, 6) is 0.984. The predicted molar refractivity (Wildman–Crippen MR) is 89.4 cm³/mol. The van der Waals surface area contributed by atoms with Crippen molar-refractivity contribution in [1.82, 2.24) is 9.55 Å². The summed E-state index contributed by atoms with van der Waals surface area (Å²) >= 11 is 3.53. The minimum Gasteiger partial charge on any atom is -0.380 e. The molecule has 0 aliphatic carbocycles. The zero-order chi connectivity index (χ0) is 14.7. The highest BCUT2D eigenvalue weighted by Crippen LogP contribution is 2.26. The molecule has 0 radical (unpaired) electrons. The Bertz CT molecular complexity index is 751. The van der Waals surface area contributed by atoms with Crippen molar-refractivity contribution in [2.45, 2.75) is 13.5 Å². The van der Waals surface area contributed by atoms with Crippen LogP contribution in [0.4, 0.5) is 0 Å². The summed E-state index contributed by atoms with van der Waals surface area (Å²) in [5, 5.41) is 0. The molecule has 1 heterocycles. The van der Waals surface area contributed by atoms with Gasteiger partial charge in [0.2, 0.25) is 0 Å². The number of nitrogens with zero attached hydrogens (tertiary/aromatic N) is 2. The van der Waals surface area contributed by atoms with Gasteiger partial charge in [-0.2, -0.15) is 0 Å². The summed E-state index contributed by atoms with van der Waals surface area (Å²) in [5.41, 5.74) is 3.27. The normalized spacial score (nSPS) is 11.1. The second kappa shape index (κ2) is 6.41. The second-order valence-corrected chi connectivity index (χ2v) is 5.70. The highest BCUT2D eigenvalue weighted by Gasteiger charge is 2.12. The predicted octanol–water partition coefficient (Wildman–Crippen LogP) is 4.50. The average molecular weight is 345 g/mol. The number of fused-ring (bicyclic) bond motifs is 1. The van der Waals surface area contributed by atoms with Crippen molar-refractivity contribution in [1.29, 1.82) is 0 Å². The molecule has 2 aromatic carbocycles. The van der Waals surface area contributed by atoms with Crippen LogP contribution in [0, 0.1) is 0 Å². The molecule has 0 fully saturated rings. The Labute approximate surface area is 132 Å². The fourth-order valence-electron chi connectivity index (χ4n) is 2.45. The maximum atomic E-state index is 5.51. The van der Waals surface area contributed by atoms with Crippen molar-refractivity contribution in [2.24, 2.45) is 0 Å². The van der Waals surface area contributed by atoms with Crippen molar-refractivity contribution >= 4 is 27.0 Å². The molecule has 0 bridgehead atoms. The maximum absolute atomic E-state index is 5.51. The zero-order valence-corrected chi connectivity index (χ0v) is 13.5. The van der Waals surface area contributed by atoms with E-state index in [4.69, 9.17) is 9.72 Å². The van der Waals surface area contributed by atoms with Crippen molar-refractivity contribution in [3.05, 3.63) is 53.0 Å². The number of rotatable bonds is 5. The molecule has 108 valence electrons. The first kappa shape index (κ1) is 14.3. The van der Waals surface area contributed by atoms with Gasteiger partial charge in [-0.25, -0.2) is 4.98 Å². The lowest BCUT2D eigenvalue weighted by molar-refractivity contribution is 0.140. The smallest absolute Gasteiger partial charge is 0.141 e. The van der Waals surface area contributed by atoms with Crippen molar-refractivity contribution in [3.8, 4) is 11.4 Å². The fraction of sp³-hybridized carbons (Fsp3) is 0.235. The van der Waals surface area contributed by atoms with E-state index in [1.807, 2.05) is 37.3 Å². The van der Waals surface area contributed by atoms with E-state index in [1.54, 1.807) is 0 Å². The van der Waals surface area contributed by atoms with Gasteiger partial charge >= 0.3 is 0 Å². The lowest BCUT2D eigenvalue weighted by Gasteiger charge is -2.09. The average Bonchev–Trinajstić information content (AvgIpc) is 2.87. The number of aromatic nitrogens is 2. The van der Waals surface area contributed by atoms with Crippen LogP contribution in [-0.4, -0.2) is 22.8 Å². The van der Waals surface area contributed by atoms with Crippen molar-refractivity contribution < 1.29 is 4.74 Å². The van der Waals surface area contributed by atoms with Gasteiger partial charge in [0.15, 0.2) is 0 Å². The van der Waals surface area contributed by atoms with E-state index < -0.39 is 0 Å². The van der Waals surface area contributed by atoms with Gasteiger partial charge < -0.3 is 9.30 Å². The van der Waals surface area contributed by atoms with Crippen LogP contribution in [-0.2, 0) is 11.3 Å². The molecule has 3 aromatic rings. The number of imidazole rings is 1. The molecule has 0 saturated carbocycles. The molecule has 0 unspecified atom stereocenters. The summed E-state index contributed by atoms with van der Waals surface area (Å²) < 4.78 is 8.80. The van der Waals surface area contributed by atoms with Gasteiger partial charge in [0.1, 0.15) is 5.82 Å². The molecule has 21 heavy (non-hydrogen) atoms. The Morgan fingerprint density at radius 1 is 1.14 bits per heavy atom. The molecule has 3 nitrogen and oxygen atoms in total. The number of hydrogen-bond acceptors (Lipinski definition) is 2. The van der Waals surface area contributed by atoms with Crippen LogP contribution in [0.15, 0.2) is 53.0 Å². The van der Waals surface area contributed by atoms with Crippen LogP contribution in [0.2, 0.25) is 0 Å². The molecule has 0 atom stereocenters. The summed E-state index contributed by atoms with van der Waals surface area (Å²) in [6.45, 7) is 4.24. The molecule has 0 aliphatic rings. The van der Waals surface area contributed by atoms with Crippen LogP contribution in [0.25, 0.3) is 22.4 Å². The lowest BCUT2D eigenvalue weighted by atomic mass is 10.2. The van der Waals surface area contributed by atoms with Gasteiger partial charge in [0.05, 0.1) is 17.6 Å². The Morgan fingerprint density at radius 2 is 2.00 bits per heavy atom. The van der Waals surface area contributed by atoms with E-state index in [2.05, 4.69) is 38.7 Å². The largest absolute Gasteiger partial charge is 0.380 e. The molecule has 3 rings (SSSR count). The zero-order valence-electron chi connectivity index (χ0n) is 11.9. The van der Waals surface area contributed by atoms with Crippen molar-refractivity contribution in [3.63, 3.8) is 0 Å².